The number of rotatable bonds is 2. The molecule has 0 bridgehead atoms. The second-order valence-corrected chi connectivity index (χ2v) is 3.44. The first-order valence-electron chi connectivity index (χ1n) is 4.22. The van der Waals surface area contributed by atoms with Gasteiger partial charge in [0.2, 0.25) is 0 Å². The number of hydrogen-bond acceptors (Lipinski definition) is 2. The molecule has 0 aromatic carbocycles. The van der Waals surface area contributed by atoms with Crippen LogP contribution in [0.3, 0.4) is 0 Å². The van der Waals surface area contributed by atoms with Crippen molar-refractivity contribution in [3.8, 4) is 0 Å². The van der Waals surface area contributed by atoms with Gasteiger partial charge in [-0.05, 0) is 26.3 Å². The van der Waals surface area contributed by atoms with Crippen molar-refractivity contribution in [3.05, 3.63) is 0 Å². The molecule has 0 spiro atoms. The summed E-state index contributed by atoms with van der Waals surface area (Å²) < 4.78 is 5.18. The van der Waals surface area contributed by atoms with E-state index < -0.39 is 0 Å². The van der Waals surface area contributed by atoms with Gasteiger partial charge < -0.3 is 4.74 Å². The Bertz CT molecular complexity index is 122. The Hall–Kier alpha value is -0.0800. The zero-order chi connectivity index (χ0) is 6.97. The van der Waals surface area contributed by atoms with E-state index >= 15 is 0 Å². The number of likely N-dealkylation sites (tertiary alicyclic amines) is 1. The van der Waals surface area contributed by atoms with Gasteiger partial charge in [-0.3, -0.25) is 4.90 Å². The SMILES string of the molecule is CC1CCCN1CC1CO1. The van der Waals surface area contributed by atoms with Gasteiger partial charge in [-0.2, -0.15) is 0 Å². The van der Waals surface area contributed by atoms with Crippen LogP contribution in [0.2, 0.25) is 0 Å². The average Bonchev–Trinajstić information content (AvgIpc) is 2.62. The molecule has 2 nitrogen and oxygen atoms in total. The first kappa shape index (κ1) is 6.62. The van der Waals surface area contributed by atoms with Gasteiger partial charge in [0.25, 0.3) is 0 Å². The third kappa shape index (κ3) is 1.32. The third-order valence-electron chi connectivity index (χ3n) is 2.53. The van der Waals surface area contributed by atoms with Crippen molar-refractivity contribution in [1.82, 2.24) is 4.90 Å². The topological polar surface area (TPSA) is 15.8 Å². The van der Waals surface area contributed by atoms with Crippen LogP contribution >= 0.6 is 0 Å². The van der Waals surface area contributed by atoms with Crippen LogP contribution in [-0.4, -0.2) is 36.7 Å². The minimum atomic E-state index is 0.584. The van der Waals surface area contributed by atoms with Gasteiger partial charge in [-0.25, -0.2) is 0 Å². The molecular formula is C8H15NO. The fraction of sp³-hybridized carbons (Fsp3) is 1.00. The molecule has 58 valence electrons. The van der Waals surface area contributed by atoms with Crippen molar-refractivity contribution in [3.63, 3.8) is 0 Å². The van der Waals surface area contributed by atoms with Crippen LogP contribution in [0.5, 0.6) is 0 Å². The number of epoxide rings is 1. The van der Waals surface area contributed by atoms with E-state index in [2.05, 4.69) is 11.8 Å². The second-order valence-electron chi connectivity index (χ2n) is 3.44. The highest BCUT2D eigenvalue weighted by molar-refractivity contribution is 4.81. The summed E-state index contributed by atoms with van der Waals surface area (Å²) in [5, 5.41) is 0. The maximum Gasteiger partial charge on any atom is 0.0936 e. The van der Waals surface area contributed by atoms with Crippen LogP contribution in [0, 0.1) is 0 Å². The van der Waals surface area contributed by atoms with Gasteiger partial charge in [-0.1, -0.05) is 0 Å². The number of hydrogen-bond donors (Lipinski definition) is 0. The molecule has 0 aliphatic carbocycles. The van der Waals surface area contributed by atoms with Crippen LogP contribution in [0.1, 0.15) is 19.8 Å². The van der Waals surface area contributed by atoms with Crippen molar-refractivity contribution in [2.75, 3.05) is 19.7 Å². The Morgan fingerprint density at radius 3 is 2.90 bits per heavy atom. The molecule has 2 saturated heterocycles. The molecule has 0 amide bonds. The predicted molar refractivity (Wildman–Crippen MR) is 40.0 cm³/mol. The largest absolute Gasteiger partial charge is 0.372 e. The van der Waals surface area contributed by atoms with Crippen molar-refractivity contribution in [2.24, 2.45) is 0 Å². The molecule has 0 saturated carbocycles. The average molecular weight is 141 g/mol. The number of ether oxygens (including phenoxy) is 1. The van der Waals surface area contributed by atoms with Crippen LogP contribution in [-0.2, 0) is 4.74 Å². The van der Waals surface area contributed by atoms with E-state index in [1.807, 2.05) is 0 Å². The van der Waals surface area contributed by atoms with E-state index in [4.69, 9.17) is 4.74 Å². The predicted octanol–water partition coefficient (Wildman–Crippen LogP) is 0.869. The summed E-state index contributed by atoms with van der Waals surface area (Å²) in [5.74, 6) is 0. The number of nitrogens with zero attached hydrogens (tertiary/aromatic N) is 1. The van der Waals surface area contributed by atoms with Crippen molar-refractivity contribution >= 4 is 0 Å². The quantitative estimate of drug-likeness (QED) is 0.530. The zero-order valence-electron chi connectivity index (χ0n) is 6.55. The molecule has 0 N–H and O–H groups in total. The van der Waals surface area contributed by atoms with E-state index in [0.717, 1.165) is 12.6 Å². The lowest BCUT2D eigenvalue weighted by molar-refractivity contribution is 0.237. The summed E-state index contributed by atoms with van der Waals surface area (Å²) in [7, 11) is 0. The second kappa shape index (κ2) is 2.51. The molecule has 2 heterocycles. The molecule has 10 heavy (non-hydrogen) atoms. The lowest BCUT2D eigenvalue weighted by atomic mass is 10.2. The van der Waals surface area contributed by atoms with E-state index in [-0.39, 0.29) is 0 Å². The van der Waals surface area contributed by atoms with Gasteiger partial charge >= 0.3 is 0 Å². The molecule has 2 heteroatoms. The van der Waals surface area contributed by atoms with Crippen molar-refractivity contribution in [1.29, 1.82) is 0 Å². The van der Waals surface area contributed by atoms with E-state index in [1.54, 1.807) is 0 Å². The first-order chi connectivity index (χ1) is 4.86. The lowest BCUT2D eigenvalue weighted by Gasteiger charge is -2.18. The molecule has 0 aromatic rings. The summed E-state index contributed by atoms with van der Waals surface area (Å²) in [4.78, 5) is 2.54. The molecule has 2 atom stereocenters. The molecular weight excluding hydrogens is 126 g/mol. The third-order valence-corrected chi connectivity index (χ3v) is 2.53. The summed E-state index contributed by atoms with van der Waals surface area (Å²) in [6, 6.07) is 0.809. The summed E-state index contributed by atoms with van der Waals surface area (Å²) in [6.45, 7) is 5.79. The van der Waals surface area contributed by atoms with Gasteiger partial charge in [-0.15, -0.1) is 0 Å². The van der Waals surface area contributed by atoms with E-state index in [9.17, 15) is 0 Å². The molecule has 2 aliphatic rings. The molecule has 2 rings (SSSR count). The smallest absolute Gasteiger partial charge is 0.0936 e. The summed E-state index contributed by atoms with van der Waals surface area (Å²) in [6.07, 6.45) is 3.35. The van der Waals surface area contributed by atoms with Crippen molar-refractivity contribution < 1.29 is 4.74 Å². The summed E-state index contributed by atoms with van der Waals surface area (Å²) >= 11 is 0. The fourth-order valence-corrected chi connectivity index (χ4v) is 1.70. The molecule has 2 aliphatic heterocycles. The highest BCUT2D eigenvalue weighted by Gasteiger charge is 2.29. The van der Waals surface area contributed by atoms with Crippen LogP contribution in [0.15, 0.2) is 0 Å². The van der Waals surface area contributed by atoms with Gasteiger partial charge in [0, 0.05) is 12.6 Å². The Balaban J connectivity index is 1.79. The Labute approximate surface area is 62.2 Å². The van der Waals surface area contributed by atoms with Crippen molar-refractivity contribution in [2.45, 2.75) is 31.9 Å². The van der Waals surface area contributed by atoms with E-state index in [1.165, 1.54) is 25.9 Å². The molecule has 2 fully saturated rings. The Morgan fingerprint density at radius 2 is 2.40 bits per heavy atom. The van der Waals surface area contributed by atoms with Crippen LogP contribution in [0.25, 0.3) is 0 Å². The van der Waals surface area contributed by atoms with Crippen LogP contribution in [0.4, 0.5) is 0 Å². The molecule has 0 aromatic heterocycles. The minimum absolute atomic E-state index is 0.584. The maximum absolute atomic E-state index is 5.18. The van der Waals surface area contributed by atoms with E-state index in [0.29, 0.717) is 6.10 Å². The van der Waals surface area contributed by atoms with Gasteiger partial charge in [0.1, 0.15) is 0 Å². The minimum Gasteiger partial charge on any atom is -0.372 e. The first-order valence-corrected chi connectivity index (χ1v) is 4.22. The molecule has 2 unspecified atom stereocenters. The lowest BCUT2D eigenvalue weighted by Crippen LogP contribution is -2.30. The van der Waals surface area contributed by atoms with Crippen LogP contribution < -0.4 is 0 Å². The normalized spacial score (nSPS) is 40.5. The standard InChI is InChI=1S/C8H15NO/c1-7-3-2-4-9(7)5-8-6-10-8/h7-8H,2-6H2,1H3. The Morgan fingerprint density at radius 1 is 1.60 bits per heavy atom. The Kier molecular flexibility index (Phi) is 1.66. The summed E-state index contributed by atoms with van der Waals surface area (Å²) in [5.41, 5.74) is 0. The fourth-order valence-electron chi connectivity index (χ4n) is 1.70. The molecule has 0 radical (unpaired) electrons. The zero-order valence-corrected chi connectivity index (χ0v) is 6.55. The van der Waals surface area contributed by atoms with Gasteiger partial charge in [0.15, 0.2) is 0 Å². The maximum atomic E-state index is 5.18. The van der Waals surface area contributed by atoms with Gasteiger partial charge in [0.05, 0.1) is 12.7 Å². The highest BCUT2D eigenvalue weighted by atomic mass is 16.6. The highest BCUT2D eigenvalue weighted by Crippen LogP contribution is 2.20. The monoisotopic (exact) mass is 141 g/mol.